The molecule has 9 heteroatoms. The zero-order chi connectivity index (χ0) is 22.0. The summed E-state index contributed by atoms with van der Waals surface area (Å²) in [7, 11) is 0. The minimum Gasteiger partial charge on any atom is -0.469 e. The number of nitrogens with zero attached hydrogens (tertiary/aromatic N) is 3. The Morgan fingerprint density at radius 2 is 1.97 bits per heavy atom. The molecule has 186 valence electrons. The maximum atomic E-state index is 12.8. The highest BCUT2D eigenvalue weighted by molar-refractivity contribution is 14.0. The third-order valence-electron chi connectivity index (χ3n) is 6.80. The molecule has 0 spiro atoms. The second kappa shape index (κ2) is 14.2. The predicted octanol–water partition coefficient (Wildman–Crippen LogP) is 2.49. The Labute approximate surface area is 214 Å². The molecule has 2 aliphatic heterocycles. The van der Waals surface area contributed by atoms with E-state index in [4.69, 9.17) is 14.1 Å². The largest absolute Gasteiger partial charge is 0.469 e. The van der Waals surface area contributed by atoms with Gasteiger partial charge in [-0.1, -0.05) is 12.8 Å². The summed E-state index contributed by atoms with van der Waals surface area (Å²) < 4.78 is 10.9. The van der Waals surface area contributed by atoms with Crippen molar-refractivity contribution >= 4 is 35.8 Å². The molecule has 1 aliphatic carbocycles. The van der Waals surface area contributed by atoms with Crippen molar-refractivity contribution in [3.8, 4) is 0 Å². The van der Waals surface area contributed by atoms with Crippen molar-refractivity contribution in [1.29, 1.82) is 0 Å². The van der Waals surface area contributed by atoms with E-state index in [1.54, 1.807) is 6.26 Å². The van der Waals surface area contributed by atoms with Gasteiger partial charge in [-0.25, -0.2) is 0 Å². The summed E-state index contributed by atoms with van der Waals surface area (Å²) in [5.74, 6) is 2.44. The molecule has 1 aromatic rings. The molecule has 3 fully saturated rings. The van der Waals surface area contributed by atoms with Crippen molar-refractivity contribution in [3.63, 3.8) is 0 Å². The number of furan rings is 1. The van der Waals surface area contributed by atoms with E-state index in [2.05, 4.69) is 20.4 Å². The minimum absolute atomic E-state index is 0. The molecule has 1 saturated carbocycles. The van der Waals surface area contributed by atoms with E-state index in [9.17, 15) is 4.79 Å². The van der Waals surface area contributed by atoms with Crippen LogP contribution in [-0.2, 0) is 16.0 Å². The summed E-state index contributed by atoms with van der Waals surface area (Å²) in [6.07, 6.45) is 9.07. The first-order chi connectivity index (χ1) is 15.8. The number of halogens is 1. The SMILES string of the molecule is I.O=C(C1CCCC1)N1CCC(NC(=NCCCN2CCOCC2)NCCc2ccco2)C1. The van der Waals surface area contributed by atoms with Crippen molar-refractivity contribution in [2.24, 2.45) is 10.9 Å². The smallest absolute Gasteiger partial charge is 0.225 e. The van der Waals surface area contributed by atoms with Gasteiger partial charge in [-0.2, -0.15) is 0 Å². The Bertz CT molecular complexity index is 718. The average molecular weight is 574 g/mol. The van der Waals surface area contributed by atoms with Crippen molar-refractivity contribution in [3.05, 3.63) is 24.2 Å². The number of aliphatic imine (C=N–C) groups is 1. The molecule has 0 radical (unpaired) electrons. The van der Waals surface area contributed by atoms with E-state index >= 15 is 0 Å². The minimum atomic E-state index is 0. The number of carbonyl (C=O) groups is 1. The zero-order valence-corrected chi connectivity index (χ0v) is 22.0. The molecule has 2 N–H and O–H groups in total. The third kappa shape index (κ3) is 8.43. The number of likely N-dealkylation sites (tertiary alicyclic amines) is 1. The maximum Gasteiger partial charge on any atom is 0.225 e. The molecule has 3 aliphatic rings. The van der Waals surface area contributed by atoms with Crippen molar-refractivity contribution in [1.82, 2.24) is 20.4 Å². The first kappa shape index (κ1) is 26.3. The van der Waals surface area contributed by atoms with Gasteiger partial charge in [-0.15, -0.1) is 24.0 Å². The fourth-order valence-electron chi connectivity index (χ4n) is 4.92. The summed E-state index contributed by atoms with van der Waals surface area (Å²) in [5, 5.41) is 7.06. The molecule has 1 amide bonds. The molecule has 0 bridgehead atoms. The number of hydrogen-bond donors (Lipinski definition) is 2. The lowest BCUT2D eigenvalue weighted by Gasteiger charge is -2.26. The highest BCUT2D eigenvalue weighted by atomic mass is 127. The standard InChI is InChI=1S/C24H39N5O3.HI/c30-23(20-5-1-2-6-20)29-13-9-21(19-29)27-24(26-11-8-22-7-3-16-32-22)25-10-4-12-28-14-17-31-18-15-28;/h3,7,16,20-21H,1-2,4-6,8-15,17-19H2,(H2,25,26,27);1H. The van der Waals surface area contributed by atoms with Crippen molar-refractivity contribution in [2.45, 2.75) is 51.0 Å². The molecule has 3 heterocycles. The monoisotopic (exact) mass is 573 g/mol. The van der Waals surface area contributed by atoms with Crippen molar-refractivity contribution in [2.75, 3.05) is 59.0 Å². The molecule has 8 nitrogen and oxygen atoms in total. The molecule has 1 atom stereocenters. The molecule has 1 aromatic heterocycles. The molecule has 33 heavy (non-hydrogen) atoms. The fourth-order valence-corrected chi connectivity index (χ4v) is 4.92. The van der Waals surface area contributed by atoms with Gasteiger partial charge in [0.05, 0.1) is 19.5 Å². The summed E-state index contributed by atoms with van der Waals surface area (Å²) in [4.78, 5) is 22.1. The number of nitrogens with one attached hydrogen (secondary N) is 2. The predicted molar refractivity (Wildman–Crippen MR) is 140 cm³/mol. The van der Waals surface area contributed by atoms with Gasteiger partial charge < -0.3 is 24.7 Å². The lowest BCUT2D eigenvalue weighted by Crippen LogP contribution is -2.46. The molecule has 2 saturated heterocycles. The average Bonchev–Trinajstić information content (AvgIpc) is 3.60. The third-order valence-corrected chi connectivity index (χ3v) is 6.80. The lowest BCUT2D eigenvalue weighted by atomic mass is 10.1. The highest BCUT2D eigenvalue weighted by Crippen LogP contribution is 2.27. The quantitative estimate of drug-likeness (QED) is 0.205. The van der Waals surface area contributed by atoms with Crippen LogP contribution in [0.3, 0.4) is 0 Å². The Balaban J connectivity index is 0.00000306. The van der Waals surface area contributed by atoms with Crippen LogP contribution in [0.2, 0.25) is 0 Å². The van der Waals surface area contributed by atoms with E-state index in [1.165, 1.54) is 12.8 Å². The summed E-state index contributed by atoms with van der Waals surface area (Å²) in [6, 6.07) is 4.18. The Hall–Kier alpha value is -1.33. The molecule has 1 unspecified atom stereocenters. The number of morpholine rings is 1. The maximum absolute atomic E-state index is 12.8. The number of guanidine groups is 1. The number of hydrogen-bond acceptors (Lipinski definition) is 5. The van der Waals surface area contributed by atoms with Gasteiger partial charge in [0, 0.05) is 64.2 Å². The van der Waals surface area contributed by atoms with Gasteiger partial charge in [0.2, 0.25) is 5.91 Å². The van der Waals surface area contributed by atoms with Crippen LogP contribution in [0.25, 0.3) is 0 Å². The highest BCUT2D eigenvalue weighted by Gasteiger charge is 2.32. The van der Waals surface area contributed by atoms with Crippen LogP contribution in [0, 0.1) is 5.92 Å². The summed E-state index contributed by atoms with van der Waals surface area (Å²) >= 11 is 0. The van der Waals surface area contributed by atoms with Crippen molar-refractivity contribution < 1.29 is 13.9 Å². The summed E-state index contributed by atoms with van der Waals surface area (Å²) in [6.45, 7) is 7.94. The number of carbonyl (C=O) groups excluding carboxylic acids is 1. The van der Waals surface area contributed by atoms with Gasteiger partial charge in [-0.05, 0) is 37.8 Å². The number of rotatable bonds is 9. The topological polar surface area (TPSA) is 82.3 Å². The van der Waals surface area contributed by atoms with Gasteiger partial charge in [-0.3, -0.25) is 14.7 Å². The van der Waals surface area contributed by atoms with E-state index in [1.807, 2.05) is 12.1 Å². The Morgan fingerprint density at radius 3 is 2.73 bits per heavy atom. The van der Waals surface area contributed by atoms with E-state index < -0.39 is 0 Å². The second-order valence-corrected chi connectivity index (χ2v) is 9.19. The fraction of sp³-hybridized carbons (Fsp3) is 0.750. The summed E-state index contributed by atoms with van der Waals surface area (Å²) in [5.41, 5.74) is 0. The van der Waals surface area contributed by atoms with Crippen LogP contribution in [0.1, 0.15) is 44.3 Å². The van der Waals surface area contributed by atoms with Gasteiger partial charge in [0.25, 0.3) is 0 Å². The normalized spacial score (nSPS) is 22.4. The second-order valence-electron chi connectivity index (χ2n) is 9.19. The molecular formula is C24H40IN5O3. The van der Waals surface area contributed by atoms with E-state index in [0.29, 0.717) is 5.91 Å². The Kier molecular flexibility index (Phi) is 11.3. The van der Waals surface area contributed by atoms with Crippen LogP contribution >= 0.6 is 24.0 Å². The van der Waals surface area contributed by atoms with Gasteiger partial charge in [0.1, 0.15) is 5.76 Å². The van der Waals surface area contributed by atoms with E-state index in [-0.39, 0.29) is 35.9 Å². The number of amides is 1. The lowest BCUT2D eigenvalue weighted by molar-refractivity contribution is -0.134. The molecule has 0 aromatic carbocycles. The molecular weight excluding hydrogens is 533 g/mol. The van der Waals surface area contributed by atoms with Gasteiger partial charge in [0.15, 0.2) is 5.96 Å². The zero-order valence-electron chi connectivity index (χ0n) is 19.7. The first-order valence-corrected chi connectivity index (χ1v) is 12.4. The van der Waals surface area contributed by atoms with Crippen LogP contribution in [0.5, 0.6) is 0 Å². The Morgan fingerprint density at radius 1 is 1.15 bits per heavy atom. The van der Waals surface area contributed by atoms with Crippen LogP contribution in [-0.4, -0.2) is 86.7 Å². The van der Waals surface area contributed by atoms with Crippen LogP contribution in [0.15, 0.2) is 27.8 Å². The van der Waals surface area contributed by atoms with Crippen LogP contribution in [0.4, 0.5) is 0 Å². The number of ether oxygens (including phenoxy) is 1. The van der Waals surface area contributed by atoms with E-state index in [0.717, 1.165) is 103 Å². The van der Waals surface area contributed by atoms with Crippen LogP contribution < -0.4 is 10.6 Å². The molecule has 4 rings (SSSR count). The van der Waals surface area contributed by atoms with Gasteiger partial charge >= 0.3 is 0 Å². The first-order valence-electron chi connectivity index (χ1n) is 12.4.